The molecule has 0 radical (unpaired) electrons. The Labute approximate surface area is 255 Å². The fourth-order valence-electron chi connectivity index (χ4n) is 5.90. The molecule has 2 aliphatic rings. The minimum absolute atomic E-state index is 0.0131. The van der Waals surface area contributed by atoms with Crippen LogP contribution in [0.3, 0.4) is 0 Å². The zero-order chi connectivity index (χ0) is 32.6. The minimum atomic E-state index is -4.83. The summed E-state index contributed by atoms with van der Waals surface area (Å²) >= 11 is 0. The molecular weight excluding hydrogens is 598 g/mol. The third kappa shape index (κ3) is 6.39. The van der Waals surface area contributed by atoms with E-state index in [1.165, 1.54) is 24.9 Å². The van der Waals surface area contributed by atoms with E-state index in [4.69, 9.17) is 11.0 Å². The van der Waals surface area contributed by atoms with Crippen molar-refractivity contribution in [1.82, 2.24) is 29.1 Å². The van der Waals surface area contributed by atoms with E-state index in [1.54, 1.807) is 11.0 Å². The molecule has 1 aliphatic carbocycles. The molecule has 1 aliphatic heterocycles. The standard InChI is InChI=1S/C29H31F4N9O3/c1-16-11-19(13-21(30)23(16)28(45)41-9-7-40(8-10-41)27(44)17-3-4-18(35)12-17)37-26(43)25-36-14-22(39(25)2)20-15-42(6-5-34)38-24(20)29(31,32)33/h11,13-15,17-18H,3-4,6-10,12,35H2,1-2H3,(H,37,43)/t17-,18+/m0/s1. The SMILES string of the molecule is Cc1cc(NC(=O)c2ncc(-c3cn(CC#N)nc3C(F)(F)F)n2C)cc(F)c1C(=O)N1CCN(C(=O)[C@H]2CC[C@@H](N)C2)CC1. The second-order valence-electron chi connectivity index (χ2n) is 11.3. The van der Waals surface area contributed by atoms with Crippen LogP contribution in [0.15, 0.2) is 24.5 Å². The Hall–Kier alpha value is -4.78. The highest BCUT2D eigenvalue weighted by Gasteiger charge is 2.39. The Kier molecular flexibility index (Phi) is 8.66. The molecule has 3 aromatic rings. The molecule has 0 spiro atoms. The first kappa shape index (κ1) is 31.6. The van der Waals surface area contributed by atoms with E-state index in [0.29, 0.717) is 19.5 Å². The summed E-state index contributed by atoms with van der Waals surface area (Å²) in [5.41, 5.74) is 4.36. The number of imidazole rings is 1. The van der Waals surface area contributed by atoms with Crippen molar-refractivity contribution in [2.24, 2.45) is 18.7 Å². The average molecular weight is 630 g/mol. The molecule has 1 aromatic carbocycles. The normalized spacial score (nSPS) is 18.6. The predicted octanol–water partition coefficient (Wildman–Crippen LogP) is 2.94. The van der Waals surface area contributed by atoms with Crippen molar-refractivity contribution < 1.29 is 31.9 Å². The van der Waals surface area contributed by atoms with Crippen molar-refractivity contribution in [3.63, 3.8) is 0 Å². The van der Waals surface area contributed by atoms with E-state index >= 15 is 4.39 Å². The summed E-state index contributed by atoms with van der Waals surface area (Å²) in [5, 5.41) is 14.8. The van der Waals surface area contributed by atoms with Crippen LogP contribution in [0.1, 0.15) is 51.5 Å². The van der Waals surface area contributed by atoms with Gasteiger partial charge in [0.25, 0.3) is 11.8 Å². The van der Waals surface area contributed by atoms with Gasteiger partial charge in [0, 0.05) is 57.1 Å². The van der Waals surface area contributed by atoms with Gasteiger partial charge in [0.15, 0.2) is 11.5 Å². The molecule has 1 saturated heterocycles. The van der Waals surface area contributed by atoms with Gasteiger partial charge in [0.1, 0.15) is 12.4 Å². The Morgan fingerprint density at radius 3 is 2.42 bits per heavy atom. The number of nitrogens with one attached hydrogen (secondary N) is 1. The number of alkyl halides is 3. The minimum Gasteiger partial charge on any atom is -0.339 e. The number of anilines is 1. The van der Waals surface area contributed by atoms with Crippen LogP contribution in [-0.2, 0) is 24.6 Å². The monoisotopic (exact) mass is 629 g/mol. The molecule has 0 unspecified atom stereocenters. The van der Waals surface area contributed by atoms with E-state index in [0.717, 1.165) is 40.6 Å². The predicted molar refractivity (Wildman–Crippen MR) is 152 cm³/mol. The first-order valence-electron chi connectivity index (χ1n) is 14.3. The van der Waals surface area contributed by atoms with Crippen LogP contribution < -0.4 is 11.1 Å². The Balaban J connectivity index is 1.27. The third-order valence-corrected chi connectivity index (χ3v) is 8.19. The van der Waals surface area contributed by atoms with Gasteiger partial charge in [-0.1, -0.05) is 0 Å². The van der Waals surface area contributed by atoms with Crippen LogP contribution in [0.2, 0.25) is 0 Å². The molecule has 3 amide bonds. The van der Waals surface area contributed by atoms with E-state index in [9.17, 15) is 27.6 Å². The van der Waals surface area contributed by atoms with Gasteiger partial charge in [-0.15, -0.1) is 0 Å². The van der Waals surface area contributed by atoms with Gasteiger partial charge in [-0.05, 0) is 43.9 Å². The molecule has 3 N–H and O–H groups in total. The number of amides is 3. The quantitative estimate of drug-likeness (QED) is 0.398. The zero-order valence-electron chi connectivity index (χ0n) is 24.6. The van der Waals surface area contributed by atoms with Crippen molar-refractivity contribution in [1.29, 1.82) is 5.26 Å². The van der Waals surface area contributed by atoms with Crippen molar-refractivity contribution in [3.8, 4) is 17.3 Å². The molecule has 0 bridgehead atoms. The third-order valence-electron chi connectivity index (χ3n) is 8.19. The van der Waals surface area contributed by atoms with Gasteiger partial charge in [-0.2, -0.15) is 23.5 Å². The molecule has 2 aromatic heterocycles. The second-order valence-corrected chi connectivity index (χ2v) is 11.3. The molecule has 1 saturated carbocycles. The number of hydrogen-bond acceptors (Lipinski definition) is 7. The fourth-order valence-corrected chi connectivity index (χ4v) is 5.90. The summed E-state index contributed by atoms with van der Waals surface area (Å²) in [5.74, 6) is -2.57. The molecule has 12 nitrogen and oxygen atoms in total. The number of nitrogens with zero attached hydrogens (tertiary/aromatic N) is 7. The number of carbonyl (C=O) groups excluding carboxylic acids is 3. The maximum Gasteiger partial charge on any atom is 0.435 e. The summed E-state index contributed by atoms with van der Waals surface area (Å²) in [6, 6.07) is 4.15. The lowest BCUT2D eigenvalue weighted by Crippen LogP contribution is -2.52. The van der Waals surface area contributed by atoms with Crippen molar-refractivity contribution in [2.45, 2.75) is 44.9 Å². The van der Waals surface area contributed by atoms with E-state index in [1.807, 2.05) is 0 Å². The first-order valence-corrected chi connectivity index (χ1v) is 14.3. The smallest absolute Gasteiger partial charge is 0.339 e. The van der Waals surface area contributed by atoms with Crippen LogP contribution >= 0.6 is 0 Å². The number of nitrogens with two attached hydrogens (primary N) is 1. The summed E-state index contributed by atoms with van der Waals surface area (Å²) in [4.78, 5) is 46.3. The summed E-state index contributed by atoms with van der Waals surface area (Å²) < 4.78 is 58.2. The number of nitriles is 1. The Morgan fingerprint density at radius 1 is 1.13 bits per heavy atom. The van der Waals surface area contributed by atoms with E-state index in [2.05, 4.69) is 15.4 Å². The number of hydrogen-bond donors (Lipinski definition) is 2. The average Bonchev–Trinajstić information content (AvgIpc) is 3.70. The number of rotatable bonds is 6. The molecule has 2 atom stereocenters. The zero-order valence-corrected chi connectivity index (χ0v) is 24.6. The van der Waals surface area contributed by atoms with Crippen molar-refractivity contribution in [3.05, 3.63) is 53.0 Å². The number of aryl methyl sites for hydroxylation is 1. The molecule has 238 valence electrons. The van der Waals surface area contributed by atoms with Crippen LogP contribution in [-0.4, -0.2) is 79.1 Å². The Bertz CT molecular complexity index is 1660. The van der Waals surface area contributed by atoms with Crippen LogP contribution in [0.4, 0.5) is 23.2 Å². The lowest BCUT2D eigenvalue weighted by molar-refractivity contribution is -0.141. The first-order chi connectivity index (χ1) is 21.3. The molecular formula is C29H31F4N9O3. The maximum atomic E-state index is 15.3. The largest absolute Gasteiger partial charge is 0.435 e. The maximum absolute atomic E-state index is 15.3. The molecule has 45 heavy (non-hydrogen) atoms. The van der Waals surface area contributed by atoms with Crippen LogP contribution in [0.5, 0.6) is 0 Å². The summed E-state index contributed by atoms with van der Waals surface area (Å²) in [7, 11) is 1.34. The van der Waals surface area contributed by atoms with Gasteiger partial charge in [-0.25, -0.2) is 9.37 Å². The van der Waals surface area contributed by atoms with Gasteiger partial charge >= 0.3 is 6.18 Å². The van der Waals surface area contributed by atoms with Gasteiger partial charge in [-0.3, -0.25) is 19.1 Å². The molecule has 3 heterocycles. The number of piperazine rings is 1. The van der Waals surface area contributed by atoms with E-state index in [-0.39, 0.29) is 64.9 Å². The highest BCUT2D eigenvalue weighted by Crippen LogP contribution is 2.36. The number of aromatic nitrogens is 4. The summed E-state index contributed by atoms with van der Waals surface area (Å²) in [6.07, 6.45) is -0.496. The van der Waals surface area contributed by atoms with E-state index < -0.39 is 36.0 Å². The number of halogens is 4. The van der Waals surface area contributed by atoms with Crippen molar-refractivity contribution in [2.75, 3.05) is 31.5 Å². The fraction of sp³-hybridized carbons (Fsp3) is 0.448. The van der Waals surface area contributed by atoms with Gasteiger partial charge < -0.3 is 25.4 Å². The topological polar surface area (TPSA) is 155 Å². The highest BCUT2D eigenvalue weighted by atomic mass is 19.4. The molecule has 5 rings (SSSR count). The number of benzene rings is 1. The lowest BCUT2D eigenvalue weighted by atomic mass is 10.0. The second kappa shape index (κ2) is 12.3. The van der Waals surface area contributed by atoms with Crippen LogP contribution in [0.25, 0.3) is 11.3 Å². The van der Waals surface area contributed by atoms with Gasteiger partial charge in [0.2, 0.25) is 5.91 Å². The molecule has 2 fully saturated rings. The van der Waals surface area contributed by atoms with Crippen molar-refractivity contribution >= 4 is 23.4 Å². The lowest BCUT2D eigenvalue weighted by Gasteiger charge is -2.36. The van der Waals surface area contributed by atoms with Crippen LogP contribution in [0, 0.1) is 30.0 Å². The Morgan fingerprint density at radius 2 is 1.82 bits per heavy atom. The highest BCUT2D eigenvalue weighted by molar-refractivity contribution is 6.03. The number of carbonyl (C=O) groups is 3. The molecule has 16 heteroatoms. The van der Waals surface area contributed by atoms with Gasteiger partial charge in [0.05, 0.1) is 29.1 Å². The summed E-state index contributed by atoms with van der Waals surface area (Å²) in [6.45, 7) is 2.26.